The SMILES string of the molecule is CCNC(C)(CN)Cc1ccc(Cl)cc1. The number of halogens is 1. The van der Waals surface area contributed by atoms with Crippen LogP contribution >= 0.6 is 11.6 Å². The zero-order valence-corrected chi connectivity index (χ0v) is 10.1. The van der Waals surface area contributed by atoms with Crippen molar-refractivity contribution in [3.8, 4) is 0 Å². The van der Waals surface area contributed by atoms with Crippen molar-refractivity contribution in [3.63, 3.8) is 0 Å². The summed E-state index contributed by atoms with van der Waals surface area (Å²) in [5, 5.41) is 4.19. The van der Waals surface area contributed by atoms with Crippen LogP contribution in [0.5, 0.6) is 0 Å². The van der Waals surface area contributed by atoms with Gasteiger partial charge in [-0.25, -0.2) is 0 Å². The van der Waals surface area contributed by atoms with Crippen LogP contribution in [-0.4, -0.2) is 18.6 Å². The zero-order chi connectivity index (χ0) is 11.3. The van der Waals surface area contributed by atoms with Gasteiger partial charge in [-0.05, 0) is 37.6 Å². The molecule has 1 rings (SSSR count). The summed E-state index contributed by atoms with van der Waals surface area (Å²) in [7, 11) is 0. The number of benzene rings is 1. The standard InChI is InChI=1S/C12H19ClN2/c1-3-15-12(2,9-14)8-10-4-6-11(13)7-5-10/h4-7,15H,3,8-9,14H2,1-2H3. The Morgan fingerprint density at radius 1 is 1.33 bits per heavy atom. The minimum Gasteiger partial charge on any atom is -0.329 e. The Morgan fingerprint density at radius 3 is 2.40 bits per heavy atom. The second-order valence-corrected chi connectivity index (χ2v) is 4.53. The molecule has 15 heavy (non-hydrogen) atoms. The topological polar surface area (TPSA) is 38.0 Å². The Bertz CT molecular complexity index is 297. The average Bonchev–Trinajstić information content (AvgIpc) is 2.22. The molecule has 1 atom stereocenters. The van der Waals surface area contributed by atoms with E-state index in [1.165, 1.54) is 5.56 Å². The van der Waals surface area contributed by atoms with Gasteiger partial charge in [0.15, 0.2) is 0 Å². The zero-order valence-electron chi connectivity index (χ0n) is 9.39. The van der Waals surface area contributed by atoms with Crippen molar-refractivity contribution in [1.82, 2.24) is 5.32 Å². The van der Waals surface area contributed by atoms with Gasteiger partial charge in [0.05, 0.1) is 0 Å². The molecule has 0 bridgehead atoms. The van der Waals surface area contributed by atoms with Crippen molar-refractivity contribution in [2.75, 3.05) is 13.1 Å². The highest BCUT2D eigenvalue weighted by Gasteiger charge is 2.20. The van der Waals surface area contributed by atoms with Crippen LogP contribution in [-0.2, 0) is 6.42 Å². The second-order valence-electron chi connectivity index (χ2n) is 4.10. The molecule has 0 saturated heterocycles. The molecule has 0 heterocycles. The maximum Gasteiger partial charge on any atom is 0.0406 e. The molecule has 0 radical (unpaired) electrons. The fourth-order valence-electron chi connectivity index (χ4n) is 1.69. The van der Waals surface area contributed by atoms with Gasteiger partial charge in [-0.15, -0.1) is 0 Å². The largest absolute Gasteiger partial charge is 0.329 e. The first kappa shape index (κ1) is 12.5. The van der Waals surface area contributed by atoms with E-state index in [1.807, 2.05) is 24.3 Å². The van der Waals surface area contributed by atoms with Crippen LogP contribution in [0.25, 0.3) is 0 Å². The lowest BCUT2D eigenvalue weighted by molar-refractivity contribution is 0.370. The molecule has 2 nitrogen and oxygen atoms in total. The van der Waals surface area contributed by atoms with Gasteiger partial charge in [0.2, 0.25) is 0 Å². The molecule has 1 aromatic carbocycles. The lowest BCUT2D eigenvalue weighted by atomic mass is 9.93. The maximum absolute atomic E-state index is 5.84. The van der Waals surface area contributed by atoms with Crippen molar-refractivity contribution in [3.05, 3.63) is 34.9 Å². The molecule has 84 valence electrons. The third kappa shape index (κ3) is 3.82. The summed E-state index contributed by atoms with van der Waals surface area (Å²) < 4.78 is 0. The number of rotatable bonds is 5. The van der Waals surface area contributed by atoms with Crippen LogP contribution in [0.4, 0.5) is 0 Å². The molecule has 1 aromatic rings. The van der Waals surface area contributed by atoms with Gasteiger partial charge in [0.1, 0.15) is 0 Å². The van der Waals surface area contributed by atoms with Crippen LogP contribution in [0, 0.1) is 0 Å². The lowest BCUT2D eigenvalue weighted by Gasteiger charge is -2.29. The third-order valence-corrected chi connectivity index (χ3v) is 2.81. The number of nitrogens with one attached hydrogen (secondary N) is 1. The Hall–Kier alpha value is -0.570. The summed E-state index contributed by atoms with van der Waals surface area (Å²) in [4.78, 5) is 0. The molecular weight excluding hydrogens is 208 g/mol. The molecule has 0 saturated carbocycles. The van der Waals surface area contributed by atoms with Gasteiger partial charge in [-0.3, -0.25) is 0 Å². The van der Waals surface area contributed by atoms with Crippen molar-refractivity contribution in [2.45, 2.75) is 25.8 Å². The van der Waals surface area contributed by atoms with E-state index in [0.29, 0.717) is 6.54 Å². The molecule has 0 aliphatic heterocycles. The molecule has 3 N–H and O–H groups in total. The highest BCUT2D eigenvalue weighted by molar-refractivity contribution is 6.30. The van der Waals surface area contributed by atoms with Gasteiger partial charge in [-0.2, -0.15) is 0 Å². The summed E-state index contributed by atoms with van der Waals surface area (Å²) in [6, 6.07) is 7.93. The molecule has 0 aliphatic carbocycles. The highest BCUT2D eigenvalue weighted by atomic mass is 35.5. The summed E-state index contributed by atoms with van der Waals surface area (Å²) in [5.41, 5.74) is 7.01. The molecule has 0 aliphatic rings. The van der Waals surface area contributed by atoms with E-state index in [4.69, 9.17) is 17.3 Å². The van der Waals surface area contributed by atoms with E-state index in [1.54, 1.807) is 0 Å². The molecule has 0 spiro atoms. The minimum absolute atomic E-state index is 0.0252. The fourth-order valence-corrected chi connectivity index (χ4v) is 1.81. The van der Waals surface area contributed by atoms with Gasteiger partial charge >= 0.3 is 0 Å². The van der Waals surface area contributed by atoms with Gasteiger partial charge in [0, 0.05) is 17.1 Å². The molecule has 0 aromatic heterocycles. The third-order valence-electron chi connectivity index (χ3n) is 2.56. The van der Waals surface area contributed by atoms with Gasteiger partial charge in [0.25, 0.3) is 0 Å². The van der Waals surface area contributed by atoms with Crippen LogP contribution in [0.1, 0.15) is 19.4 Å². The summed E-state index contributed by atoms with van der Waals surface area (Å²) in [6.07, 6.45) is 0.925. The predicted molar refractivity (Wildman–Crippen MR) is 66.3 cm³/mol. The Kier molecular flexibility index (Phi) is 4.58. The minimum atomic E-state index is -0.0252. The van der Waals surface area contributed by atoms with Gasteiger partial charge in [-0.1, -0.05) is 30.7 Å². The van der Waals surface area contributed by atoms with Crippen molar-refractivity contribution >= 4 is 11.6 Å². The van der Waals surface area contributed by atoms with Crippen molar-refractivity contribution in [2.24, 2.45) is 5.73 Å². The van der Waals surface area contributed by atoms with E-state index in [9.17, 15) is 0 Å². The number of nitrogens with two attached hydrogens (primary N) is 1. The van der Waals surface area contributed by atoms with Crippen molar-refractivity contribution < 1.29 is 0 Å². The molecule has 0 fully saturated rings. The lowest BCUT2D eigenvalue weighted by Crippen LogP contribution is -2.50. The molecule has 0 amide bonds. The fraction of sp³-hybridized carbons (Fsp3) is 0.500. The summed E-state index contributed by atoms with van der Waals surface area (Å²) >= 11 is 5.84. The quantitative estimate of drug-likeness (QED) is 0.808. The van der Waals surface area contributed by atoms with Crippen LogP contribution in [0.2, 0.25) is 5.02 Å². The number of hydrogen-bond donors (Lipinski definition) is 2. The van der Waals surface area contributed by atoms with E-state index in [0.717, 1.165) is 18.0 Å². The Labute approximate surface area is 96.8 Å². The van der Waals surface area contributed by atoms with Crippen LogP contribution in [0.3, 0.4) is 0 Å². The second kappa shape index (κ2) is 5.50. The number of likely N-dealkylation sites (N-methyl/N-ethyl adjacent to an activating group) is 1. The Balaban J connectivity index is 2.70. The number of hydrogen-bond acceptors (Lipinski definition) is 2. The summed E-state index contributed by atoms with van der Waals surface area (Å²) in [5.74, 6) is 0. The summed E-state index contributed by atoms with van der Waals surface area (Å²) in [6.45, 7) is 5.80. The molecular formula is C12H19ClN2. The van der Waals surface area contributed by atoms with E-state index < -0.39 is 0 Å². The van der Waals surface area contributed by atoms with E-state index >= 15 is 0 Å². The van der Waals surface area contributed by atoms with E-state index in [2.05, 4.69) is 19.2 Å². The molecule has 3 heteroatoms. The van der Waals surface area contributed by atoms with Crippen molar-refractivity contribution in [1.29, 1.82) is 0 Å². The predicted octanol–water partition coefficient (Wildman–Crippen LogP) is 2.21. The highest BCUT2D eigenvalue weighted by Crippen LogP contribution is 2.15. The monoisotopic (exact) mass is 226 g/mol. The Morgan fingerprint density at radius 2 is 1.93 bits per heavy atom. The molecule has 1 unspecified atom stereocenters. The first-order valence-corrected chi connectivity index (χ1v) is 5.67. The first-order chi connectivity index (χ1) is 7.09. The smallest absolute Gasteiger partial charge is 0.0406 e. The van der Waals surface area contributed by atoms with Gasteiger partial charge < -0.3 is 11.1 Å². The van der Waals surface area contributed by atoms with Crippen LogP contribution in [0.15, 0.2) is 24.3 Å². The average molecular weight is 227 g/mol. The first-order valence-electron chi connectivity index (χ1n) is 5.29. The van der Waals surface area contributed by atoms with Crippen LogP contribution < -0.4 is 11.1 Å². The van der Waals surface area contributed by atoms with E-state index in [-0.39, 0.29) is 5.54 Å². The normalized spacial score (nSPS) is 14.9. The maximum atomic E-state index is 5.84.